The summed E-state index contributed by atoms with van der Waals surface area (Å²) in [6, 6.07) is 13.0. The van der Waals surface area contributed by atoms with Crippen LogP contribution < -0.4 is 20.1 Å². The zero-order valence-electron chi connectivity index (χ0n) is 17.3. The number of ether oxygens (including phenoxy) is 2. The molecule has 0 bridgehead atoms. The summed E-state index contributed by atoms with van der Waals surface area (Å²) in [5.74, 6) is 0.435. The van der Waals surface area contributed by atoms with Crippen molar-refractivity contribution in [3.63, 3.8) is 0 Å². The van der Waals surface area contributed by atoms with Gasteiger partial charge in [-0.05, 0) is 42.7 Å². The van der Waals surface area contributed by atoms with Crippen molar-refractivity contribution in [3.05, 3.63) is 48.0 Å². The molecule has 32 heavy (non-hydrogen) atoms. The number of hydrogen-bond donors (Lipinski definition) is 2. The fraction of sp³-hybridized carbons (Fsp3) is 0.348. The van der Waals surface area contributed by atoms with Crippen LogP contribution in [0.15, 0.2) is 47.4 Å². The number of likely N-dealkylation sites (tertiary alicyclic amines) is 1. The molecule has 5 rings (SSSR count). The molecule has 0 saturated carbocycles. The van der Waals surface area contributed by atoms with Gasteiger partial charge in [-0.15, -0.1) is 11.8 Å². The maximum atomic E-state index is 13.1. The number of hydrogen-bond acceptors (Lipinski definition) is 6. The molecule has 1 saturated heterocycles. The molecular weight excluding hydrogens is 430 g/mol. The highest BCUT2D eigenvalue weighted by Crippen LogP contribution is 2.36. The van der Waals surface area contributed by atoms with Crippen molar-refractivity contribution in [2.24, 2.45) is 5.92 Å². The largest absolute Gasteiger partial charge is 0.454 e. The zero-order valence-corrected chi connectivity index (χ0v) is 18.2. The summed E-state index contributed by atoms with van der Waals surface area (Å²) in [5, 5.41) is 4.94. The van der Waals surface area contributed by atoms with Gasteiger partial charge in [0.1, 0.15) is 0 Å². The quantitative estimate of drug-likeness (QED) is 0.690. The summed E-state index contributed by atoms with van der Waals surface area (Å²) in [6.07, 6.45) is 1.44. The Hall–Kier alpha value is -3.20. The summed E-state index contributed by atoms with van der Waals surface area (Å²) in [5.41, 5.74) is 1.64. The molecule has 2 atom stereocenters. The normalized spacial score (nSPS) is 21.5. The van der Waals surface area contributed by atoms with E-state index in [1.165, 1.54) is 11.8 Å². The molecule has 0 radical (unpaired) electrons. The van der Waals surface area contributed by atoms with E-state index in [1.807, 2.05) is 42.5 Å². The summed E-state index contributed by atoms with van der Waals surface area (Å²) in [6.45, 7) is 1.45. The van der Waals surface area contributed by atoms with Gasteiger partial charge in [0.25, 0.3) is 0 Å². The molecular formula is C23H23N3O5S. The first kappa shape index (κ1) is 20.7. The van der Waals surface area contributed by atoms with Crippen molar-refractivity contribution in [3.8, 4) is 11.5 Å². The van der Waals surface area contributed by atoms with E-state index in [0.717, 1.165) is 22.6 Å². The summed E-state index contributed by atoms with van der Waals surface area (Å²) < 4.78 is 10.7. The van der Waals surface area contributed by atoms with E-state index in [1.54, 1.807) is 4.90 Å². The lowest BCUT2D eigenvalue weighted by atomic mass is 9.96. The van der Waals surface area contributed by atoms with E-state index in [2.05, 4.69) is 10.6 Å². The van der Waals surface area contributed by atoms with Crippen molar-refractivity contribution in [1.29, 1.82) is 0 Å². The van der Waals surface area contributed by atoms with Crippen LogP contribution in [0.1, 0.15) is 18.4 Å². The van der Waals surface area contributed by atoms with Crippen molar-refractivity contribution in [1.82, 2.24) is 10.2 Å². The van der Waals surface area contributed by atoms with Crippen LogP contribution >= 0.6 is 11.8 Å². The van der Waals surface area contributed by atoms with E-state index in [0.29, 0.717) is 37.6 Å². The highest BCUT2D eigenvalue weighted by molar-refractivity contribution is 8.01. The molecule has 3 heterocycles. The first-order valence-corrected chi connectivity index (χ1v) is 11.5. The number of thioether (sulfide) groups is 1. The fourth-order valence-electron chi connectivity index (χ4n) is 4.16. The Balaban J connectivity index is 1.19. The molecule has 166 valence electrons. The van der Waals surface area contributed by atoms with Crippen LogP contribution in [0.2, 0.25) is 0 Å². The number of fused-ring (bicyclic) bond motifs is 2. The second-order valence-electron chi connectivity index (χ2n) is 8.01. The highest BCUT2D eigenvalue weighted by atomic mass is 32.2. The molecule has 3 amide bonds. The minimum atomic E-state index is -0.833. The molecule has 9 heteroatoms. The molecule has 0 spiro atoms. The van der Waals surface area contributed by atoms with Crippen LogP contribution in [0.4, 0.5) is 5.69 Å². The number of para-hydroxylation sites is 1. The molecule has 2 aromatic rings. The Bertz CT molecular complexity index is 1080. The van der Waals surface area contributed by atoms with Crippen molar-refractivity contribution >= 4 is 35.2 Å². The van der Waals surface area contributed by atoms with Crippen LogP contribution in [0.3, 0.4) is 0 Å². The lowest BCUT2D eigenvalue weighted by Gasteiger charge is -2.35. The number of nitrogens with one attached hydrogen (secondary N) is 2. The number of rotatable bonds is 4. The monoisotopic (exact) mass is 453 g/mol. The van der Waals surface area contributed by atoms with Gasteiger partial charge in [-0.25, -0.2) is 0 Å². The molecule has 2 aromatic carbocycles. The predicted octanol–water partition coefficient (Wildman–Crippen LogP) is 2.38. The first-order chi connectivity index (χ1) is 15.6. The number of carbonyl (C=O) groups is 3. The Morgan fingerprint density at radius 2 is 2.00 bits per heavy atom. The van der Waals surface area contributed by atoms with Gasteiger partial charge < -0.3 is 25.0 Å². The predicted molar refractivity (Wildman–Crippen MR) is 118 cm³/mol. The minimum absolute atomic E-state index is 0.0914. The van der Waals surface area contributed by atoms with Crippen LogP contribution in [0, 0.1) is 5.92 Å². The third kappa shape index (κ3) is 4.12. The number of nitrogens with zero attached hydrogens (tertiary/aromatic N) is 1. The lowest BCUT2D eigenvalue weighted by Crippen LogP contribution is -2.50. The summed E-state index contributed by atoms with van der Waals surface area (Å²) >= 11 is 1.27. The number of piperidine rings is 1. The van der Waals surface area contributed by atoms with E-state index >= 15 is 0 Å². The Labute approximate surface area is 189 Å². The second-order valence-corrected chi connectivity index (χ2v) is 9.16. The van der Waals surface area contributed by atoms with Crippen LogP contribution in [0.5, 0.6) is 11.5 Å². The van der Waals surface area contributed by atoms with Gasteiger partial charge in [-0.1, -0.05) is 18.2 Å². The van der Waals surface area contributed by atoms with Gasteiger partial charge in [0, 0.05) is 24.5 Å². The SMILES string of the molecule is O=C(NCc1ccc2c(c1)OCO2)[C@H]1CCCN(C(=O)[C@H]2Sc3ccccc3NC2=O)C1. The van der Waals surface area contributed by atoms with Gasteiger partial charge in [0.15, 0.2) is 16.7 Å². The van der Waals surface area contributed by atoms with Crippen molar-refractivity contribution < 1.29 is 23.9 Å². The summed E-state index contributed by atoms with van der Waals surface area (Å²) in [7, 11) is 0. The maximum Gasteiger partial charge on any atom is 0.247 e. The fourth-order valence-corrected chi connectivity index (χ4v) is 5.23. The molecule has 2 N–H and O–H groups in total. The average Bonchev–Trinajstić information content (AvgIpc) is 3.29. The third-order valence-electron chi connectivity index (χ3n) is 5.86. The zero-order chi connectivity index (χ0) is 22.1. The van der Waals surface area contributed by atoms with E-state index in [4.69, 9.17) is 9.47 Å². The van der Waals surface area contributed by atoms with E-state index < -0.39 is 5.25 Å². The second kappa shape index (κ2) is 8.74. The van der Waals surface area contributed by atoms with Gasteiger partial charge in [0.05, 0.1) is 11.6 Å². The first-order valence-electron chi connectivity index (χ1n) is 10.6. The Kier molecular flexibility index (Phi) is 5.65. The topological polar surface area (TPSA) is 97.0 Å². The van der Waals surface area contributed by atoms with Crippen LogP contribution in [-0.2, 0) is 20.9 Å². The van der Waals surface area contributed by atoms with Gasteiger partial charge in [-0.3, -0.25) is 14.4 Å². The molecule has 0 aliphatic carbocycles. The standard InChI is InChI=1S/C23H23N3O5S/c27-21(24-11-14-7-8-17-18(10-14)31-13-30-17)15-4-3-9-26(12-15)23(29)20-22(28)25-16-5-1-2-6-19(16)32-20/h1-2,5-8,10,15,20H,3-4,9,11-13H2,(H,24,27)(H,25,28)/t15-,20-/m0/s1. The smallest absolute Gasteiger partial charge is 0.247 e. The number of amides is 3. The molecule has 1 fully saturated rings. The number of anilines is 1. The van der Waals surface area contributed by atoms with Gasteiger partial charge in [-0.2, -0.15) is 0 Å². The maximum absolute atomic E-state index is 13.1. The summed E-state index contributed by atoms with van der Waals surface area (Å²) in [4.78, 5) is 41.0. The average molecular weight is 454 g/mol. The number of benzene rings is 2. The van der Waals surface area contributed by atoms with E-state index in [9.17, 15) is 14.4 Å². The molecule has 3 aliphatic heterocycles. The molecule has 3 aliphatic rings. The van der Waals surface area contributed by atoms with Gasteiger partial charge in [0.2, 0.25) is 24.5 Å². The lowest BCUT2D eigenvalue weighted by molar-refractivity contribution is -0.137. The van der Waals surface area contributed by atoms with Crippen LogP contribution in [-0.4, -0.2) is 47.8 Å². The highest BCUT2D eigenvalue weighted by Gasteiger charge is 2.38. The van der Waals surface area contributed by atoms with Crippen molar-refractivity contribution in [2.45, 2.75) is 29.5 Å². The minimum Gasteiger partial charge on any atom is -0.454 e. The molecule has 0 aromatic heterocycles. The van der Waals surface area contributed by atoms with Gasteiger partial charge >= 0.3 is 0 Å². The van der Waals surface area contributed by atoms with Crippen LogP contribution in [0.25, 0.3) is 0 Å². The number of carbonyl (C=O) groups excluding carboxylic acids is 3. The molecule has 8 nitrogen and oxygen atoms in total. The van der Waals surface area contributed by atoms with Crippen molar-refractivity contribution in [2.75, 3.05) is 25.2 Å². The van der Waals surface area contributed by atoms with E-state index in [-0.39, 0.29) is 30.4 Å². The Morgan fingerprint density at radius 1 is 1.16 bits per heavy atom. The third-order valence-corrected chi connectivity index (χ3v) is 7.12. The molecule has 0 unspecified atom stereocenters. The Morgan fingerprint density at radius 3 is 2.91 bits per heavy atom.